The van der Waals surface area contributed by atoms with Crippen molar-refractivity contribution < 1.29 is 4.79 Å². The van der Waals surface area contributed by atoms with Gasteiger partial charge in [-0.15, -0.1) is 0 Å². The minimum absolute atomic E-state index is 0.0412. The lowest BCUT2D eigenvalue weighted by atomic mass is 9.97. The molecular weight excluding hydrogens is 210 g/mol. The molecule has 0 bridgehead atoms. The first-order valence-electron chi connectivity index (χ1n) is 5.89. The van der Waals surface area contributed by atoms with Crippen molar-refractivity contribution in [3.63, 3.8) is 0 Å². The predicted molar refractivity (Wildman–Crippen MR) is 72.7 cm³/mol. The largest absolute Gasteiger partial charge is 0.352 e. The Morgan fingerprint density at radius 3 is 2.35 bits per heavy atom. The van der Waals surface area contributed by atoms with E-state index in [2.05, 4.69) is 26.1 Å². The summed E-state index contributed by atoms with van der Waals surface area (Å²) in [5.74, 6) is -0.0412. The van der Waals surface area contributed by atoms with Crippen LogP contribution >= 0.6 is 0 Å². The van der Waals surface area contributed by atoms with Gasteiger partial charge in [-0.2, -0.15) is 0 Å². The zero-order valence-electron chi connectivity index (χ0n) is 11.1. The Kier molecular flexibility index (Phi) is 4.50. The van der Waals surface area contributed by atoms with Gasteiger partial charge in [0.05, 0.1) is 0 Å². The van der Waals surface area contributed by atoms with Crippen molar-refractivity contribution in [3.8, 4) is 0 Å². The van der Waals surface area contributed by atoms with Gasteiger partial charge in [0.25, 0.3) is 0 Å². The number of aryl methyl sites for hydroxylation is 1. The van der Waals surface area contributed by atoms with Crippen LogP contribution in [0.2, 0.25) is 0 Å². The van der Waals surface area contributed by atoms with Crippen LogP contribution in [0.1, 0.15) is 31.9 Å². The van der Waals surface area contributed by atoms with Gasteiger partial charge in [0.2, 0.25) is 5.91 Å². The van der Waals surface area contributed by atoms with Crippen LogP contribution in [0, 0.1) is 12.3 Å². The highest BCUT2D eigenvalue weighted by molar-refractivity contribution is 5.91. The van der Waals surface area contributed by atoms with Gasteiger partial charge in [-0.25, -0.2) is 0 Å². The molecule has 0 aliphatic rings. The van der Waals surface area contributed by atoms with Gasteiger partial charge < -0.3 is 5.32 Å². The molecule has 1 aromatic rings. The van der Waals surface area contributed by atoms with Gasteiger partial charge in [-0.05, 0) is 24.0 Å². The molecule has 2 nitrogen and oxygen atoms in total. The summed E-state index contributed by atoms with van der Waals surface area (Å²) < 4.78 is 0. The summed E-state index contributed by atoms with van der Waals surface area (Å²) in [5.41, 5.74) is 2.38. The molecule has 0 spiro atoms. The van der Waals surface area contributed by atoms with Crippen molar-refractivity contribution in [2.45, 2.75) is 27.7 Å². The number of carbonyl (C=O) groups is 1. The van der Waals surface area contributed by atoms with Crippen LogP contribution in [0.4, 0.5) is 0 Å². The van der Waals surface area contributed by atoms with Crippen LogP contribution in [-0.4, -0.2) is 12.5 Å². The standard InChI is InChI=1S/C15H21NO/c1-12-5-7-13(8-6-12)9-10-14(17)16-11-15(2,3)4/h5-10H,11H2,1-4H3,(H,16,17)/b10-9+. The van der Waals surface area contributed by atoms with Gasteiger partial charge in [0.1, 0.15) is 0 Å². The molecule has 0 aliphatic heterocycles. The van der Waals surface area contributed by atoms with Crippen molar-refractivity contribution in [3.05, 3.63) is 41.5 Å². The second kappa shape index (κ2) is 5.67. The van der Waals surface area contributed by atoms with Gasteiger partial charge in [-0.3, -0.25) is 4.79 Å². The Hall–Kier alpha value is -1.57. The van der Waals surface area contributed by atoms with Crippen molar-refractivity contribution in [2.24, 2.45) is 5.41 Å². The molecule has 0 aromatic heterocycles. The molecule has 0 aliphatic carbocycles. The zero-order chi connectivity index (χ0) is 12.9. The fourth-order valence-corrected chi connectivity index (χ4v) is 1.26. The topological polar surface area (TPSA) is 29.1 Å². The van der Waals surface area contributed by atoms with Crippen LogP contribution < -0.4 is 5.32 Å². The van der Waals surface area contributed by atoms with Gasteiger partial charge in [-0.1, -0.05) is 50.6 Å². The Morgan fingerprint density at radius 2 is 1.82 bits per heavy atom. The van der Waals surface area contributed by atoms with Crippen LogP contribution in [-0.2, 0) is 4.79 Å². The van der Waals surface area contributed by atoms with Crippen LogP contribution in [0.5, 0.6) is 0 Å². The first-order valence-corrected chi connectivity index (χ1v) is 5.89. The average molecular weight is 231 g/mol. The average Bonchev–Trinajstić information content (AvgIpc) is 2.25. The fraction of sp³-hybridized carbons (Fsp3) is 0.400. The van der Waals surface area contributed by atoms with Crippen molar-refractivity contribution in [2.75, 3.05) is 6.54 Å². The summed E-state index contributed by atoms with van der Waals surface area (Å²) in [7, 11) is 0. The third kappa shape index (κ3) is 5.91. The van der Waals surface area contributed by atoms with E-state index < -0.39 is 0 Å². The molecule has 0 fully saturated rings. The summed E-state index contributed by atoms with van der Waals surface area (Å²) in [6.07, 6.45) is 3.41. The molecule has 0 unspecified atom stereocenters. The maximum absolute atomic E-state index is 11.5. The lowest BCUT2D eigenvalue weighted by Crippen LogP contribution is -2.30. The minimum atomic E-state index is -0.0412. The Balaban J connectivity index is 2.48. The molecule has 1 N–H and O–H groups in total. The molecule has 17 heavy (non-hydrogen) atoms. The minimum Gasteiger partial charge on any atom is -0.352 e. The lowest BCUT2D eigenvalue weighted by molar-refractivity contribution is -0.116. The maximum Gasteiger partial charge on any atom is 0.244 e. The molecular formula is C15H21NO. The van der Waals surface area contributed by atoms with E-state index in [1.807, 2.05) is 37.3 Å². The van der Waals surface area contributed by atoms with Crippen molar-refractivity contribution in [1.82, 2.24) is 5.32 Å². The highest BCUT2D eigenvalue weighted by atomic mass is 16.1. The molecule has 1 rings (SSSR count). The lowest BCUT2D eigenvalue weighted by Gasteiger charge is -2.17. The molecule has 0 heterocycles. The van der Waals surface area contributed by atoms with Gasteiger partial charge in [0, 0.05) is 12.6 Å². The molecule has 1 amide bonds. The summed E-state index contributed by atoms with van der Waals surface area (Å²) in [5, 5.41) is 2.88. The quantitative estimate of drug-likeness (QED) is 0.795. The van der Waals surface area contributed by atoms with Crippen LogP contribution in [0.25, 0.3) is 6.08 Å². The van der Waals surface area contributed by atoms with Gasteiger partial charge >= 0.3 is 0 Å². The monoisotopic (exact) mass is 231 g/mol. The summed E-state index contributed by atoms with van der Waals surface area (Å²) in [6.45, 7) is 9.01. The summed E-state index contributed by atoms with van der Waals surface area (Å²) in [4.78, 5) is 11.5. The molecule has 2 heteroatoms. The fourth-order valence-electron chi connectivity index (χ4n) is 1.26. The molecule has 1 aromatic carbocycles. The Morgan fingerprint density at radius 1 is 1.24 bits per heavy atom. The number of hydrogen-bond acceptors (Lipinski definition) is 1. The predicted octanol–water partition coefficient (Wildman–Crippen LogP) is 3.17. The van der Waals surface area contributed by atoms with E-state index in [-0.39, 0.29) is 11.3 Å². The van der Waals surface area contributed by atoms with Crippen LogP contribution in [0.15, 0.2) is 30.3 Å². The maximum atomic E-state index is 11.5. The summed E-state index contributed by atoms with van der Waals surface area (Å²) >= 11 is 0. The zero-order valence-corrected chi connectivity index (χ0v) is 11.1. The second-order valence-electron chi connectivity index (χ2n) is 5.52. The molecule has 0 saturated heterocycles. The number of hydrogen-bond donors (Lipinski definition) is 1. The van der Waals surface area contributed by atoms with E-state index >= 15 is 0 Å². The number of benzene rings is 1. The molecule has 0 atom stereocenters. The van der Waals surface area contributed by atoms with Crippen molar-refractivity contribution >= 4 is 12.0 Å². The third-order valence-electron chi connectivity index (χ3n) is 2.30. The number of amides is 1. The first kappa shape index (κ1) is 13.5. The number of carbonyl (C=O) groups excluding carboxylic acids is 1. The van der Waals surface area contributed by atoms with E-state index in [9.17, 15) is 4.79 Å². The number of rotatable bonds is 3. The summed E-state index contributed by atoms with van der Waals surface area (Å²) in [6, 6.07) is 8.07. The Bertz CT molecular complexity index is 396. The molecule has 92 valence electrons. The smallest absolute Gasteiger partial charge is 0.244 e. The number of nitrogens with one attached hydrogen (secondary N) is 1. The second-order valence-corrected chi connectivity index (χ2v) is 5.52. The highest BCUT2D eigenvalue weighted by Crippen LogP contribution is 2.10. The first-order chi connectivity index (χ1) is 7.87. The highest BCUT2D eigenvalue weighted by Gasteiger charge is 2.10. The van der Waals surface area contributed by atoms with E-state index in [1.165, 1.54) is 5.56 Å². The van der Waals surface area contributed by atoms with Gasteiger partial charge in [0.15, 0.2) is 0 Å². The third-order valence-corrected chi connectivity index (χ3v) is 2.30. The van der Waals surface area contributed by atoms with Crippen molar-refractivity contribution in [1.29, 1.82) is 0 Å². The van der Waals surface area contributed by atoms with E-state index in [0.29, 0.717) is 6.54 Å². The van der Waals surface area contributed by atoms with Crippen LogP contribution in [0.3, 0.4) is 0 Å². The normalized spacial score (nSPS) is 11.8. The van der Waals surface area contributed by atoms with E-state index in [4.69, 9.17) is 0 Å². The Labute approximate surface area is 104 Å². The van der Waals surface area contributed by atoms with E-state index in [1.54, 1.807) is 6.08 Å². The molecule has 0 saturated carbocycles. The van der Waals surface area contributed by atoms with E-state index in [0.717, 1.165) is 5.56 Å². The molecule has 0 radical (unpaired) electrons. The SMILES string of the molecule is Cc1ccc(/C=C/C(=O)NCC(C)(C)C)cc1.